The zero-order valence-electron chi connectivity index (χ0n) is 16.0. The van der Waals surface area contributed by atoms with Gasteiger partial charge in [-0.15, -0.1) is 0 Å². The summed E-state index contributed by atoms with van der Waals surface area (Å²) in [5.41, 5.74) is 0. The summed E-state index contributed by atoms with van der Waals surface area (Å²) in [7, 11) is 0. The highest BCUT2D eigenvalue weighted by atomic mass is 32.2. The topological polar surface area (TPSA) is 77.9 Å². The number of anilines is 1. The second-order valence-electron chi connectivity index (χ2n) is 7.55. The summed E-state index contributed by atoms with van der Waals surface area (Å²) in [6, 6.07) is 6.23. The Kier molecular flexibility index (Phi) is 6.14. The highest BCUT2D eigenvalue weighted by Crippen LogP contribution is 2.36. The lowest BCUT2D eigenvalue weighted by Gasteiger charge is -2.35. The first-order chi connectivity index (χ1) is 13.7. The molecule has 2 fully saturated rings. The number of aliphatic imine (C=N–C) groups is 1. The number of pyridine rings is 1. The van der Waals surface area contributed by atoms with E-state index in [-0.39, 0.29) is 24.7 Å². The number of amidine groups is 1. The van der Waals surface area contributed by atoms with E-state index >= 15 is 0 Å². The average molecular weight is 402 g/mol. The number of thioether (sulfide) groups is 1. The third kappa shape index (κ3) is 4.66. The number of nitrogens with one attached hydrogen (secondary N) is 1. The molecule has 0 unspecified atom stereocenters. The van der Waals surface area contributed by atoms with Crippen LogP contribution in [0.2, 0.25) is 0 Å². The molecule has 1 saturated heterocycles. The summed E-state index contributed by atoms with van der Waals surface area (Å²) < 4.78 is 0. The molecular formula is C20H27N5O2S. The molecule has 2 aliphatic heterocycles. The molecule has 3 aliphatic rings. The van der Waals surface area contributed by atoms with Crippen LogP contribution in [0.4, 0.5) is 5.82 Å². The second kappa shape index (κ2) is 8.94. The van der Waals surface area contributed by atoms with E-state index in [2.05, 4.69) is 20.2 Å². The molecule has 8 heteroatoms. The predicted octanol–water partition coefficient (Wildman–Crippen LogP) is 2.04. The van der Waals surface area contributed by atoms with Crippen molar-refractivity contribution in [3.05, 3.63) is 24.4 Å². The maximum absolute atomic E-state index is 12.5. The molecule has 1 aromatic heterocycles. The number of amides is 2. The Morgan fingerprint density at radius 3 is 2.68 bits per heavy atom. The Morgan fingerprint density at radius 2 is 1.93 bits per heavy atom. The van der Waals surface area contributed by atoms with E-state index < -0.39 is 0 Å². The molecule has 0 bridgehead atoms. The van der Waals surface area contributed by atoms with Gasteiger partial charge in [0.2, 0.25) is 11.8 Å². The van der Waals surface area contributed by atoms with Crippen LogP contribution < -0.4 is 10.2 Å². The van der Waals surface area contributed by atoms with Gasteiger partial charge in [-0.1, -0.05) is 30.7 Å². The van der Waals surface area contributed by atoms with Crippen LogP contribution in [0.25, 0.3) is 0 Å². The van der Waals surface area contributed by atoms with Gasteiger partial charge in [-0.2, -0.15) is 0 Å². The Bertz CT molecular complexity index is 733. The Morgan fingerprint density at radius 1 is 1.11 bits per heavy atom. The molecule has 0 spiro atoms. The van der Waals surface area contributed by atoms with Gasteiger partial charge in [0.05, 0.1) is 6.04 Å². The number of carbonyl (C=O) groups is 2. The average Bonchev–Trinajstić information content (AvgIpc) is 3.15. The molecule has 3 heterocycles. The van der Waals surface area contributed by atoms with E-state index in [4.69, 9.17) is 0 Å². The standard InChI is InChI=1S/C20H27N5O2S/c26-18(23-20-22-15-5-1-2-6-16(15)28-20)8-9-19(27)25-13-11-24(12-14-25)17-7-3-4-10-21-17/h3-4,7,10,15-16H,1-2,5-6,8-9,11-14H2,(H,22,23,26)/t15-,16+/m0/s1. The molecule has 28 heavy (non-hydrogen) atoms. The van der Waals surface area contributed by atoms with Gasteiger partial charge in [0, 0.05) is 50.5 Å². The maximum atomic E-state index is 12.5. The van der Waals surface area contributed by atoms with Crippen LogP contribution in [0, 0.1) is 0 Å². The summed E-state index contributed by atoms with van der Waals surface area (Å²) in [5, 5.41) is 4.19. The number of hydrogen-bond donors (Lipinski definition) is 1. The fourth-order valence-corrected chi connectivity index (χ4v) is 5.33. The molecule has 1 aromatic rings. The van der Waals surface area contributed by atoms with E-state index in [0.717, 1.165) is 30.5 Å². The van der Waals surface area contributed by atoms with Crippen LogP contribution in [-0.2, 0) is 9.59 Å². The van der Waals surface area contributed by atoms with Crippen molar-refractivity contribution in [3.8, 4) is 0 Å². The first-order valence-electron chi connectivity index (χ1n) is 10.2. The summed E-state index contributed by atoms with van der Waals surface area (Å²) >= 11 is 1.69. The number of nitrogens with zero attached hydrogens (tertiary/aromatic N) is 4. The van der Waals surface area contributed by atoms with Gasteiger partial charge in [0.25, 0.3) is 0 Å². The Balaban J connectivity index is 1.18. The van der Waals surface area contributed by atoms with Crippen molar-refractivity contribution in [2.24, 2.45) is 4.99 Å². The highest BCUT2D eigenvalue weighted by molar-refractivity contribution is 8.14. The van der Waals surface area contributed by atoms with Crippen LogP contribution >= 0.6 is 11.8 Å². The molecule has 1 N–H and O–H groups in total. The van der Waals surface area contributed by atoms with Crippen LogP contribution in [0.1, 0.15) is 38.5 Å². The predicted molar refractivity (Wildman–Crippen MR) is 111 cm³/mol. The van der Waals surface area contributed by atoms with Crippen molar-refractivity contribution in [2.75, 3.05) is 31.1 Å². The molecule has 150 valence electrons. The molecule has 4 rings (SSSR count). The fourth-order valence-electron chi connectivity index (χ4n) is 4.03. The van der Waals surface area contributed by atoms with Crippen LogP contribution in [-0.4, -0.2) is 64.3 Å². The van der Waals surface area contributed by atoms with E-state index in [9.17, 15) is 9.59 Å². The van der Waals surface area contributed by atoms with E-state index in [0.29, 0.717) is 24.4 Å². The van der Waals surface area contributed by atoms with Gasteiger partial charge in [-0.3, -0.25) is 14.6 Å². The van der Waals surface area contributed by atoms with Crippen molar-refractivity contribution >= 4 is 34.6 Å². The van der Waals surface area contributed by atoms with Gasteiger partial charge >= 0.3 is 0 Å². The third-order valence-corrected chi connectivity index (χ3v) is 6.92. The van der Waals surface area contributed by atoms with Crippen molar-refractivity contribution in [1.82, 2.24) is 15.2 Å². The van der Waals surface area contributed by atoms with Crippen molar-refractivity contribution in [3.63, 3.8) is 0 Å². The smallest absolute Gasteiger partial charge is 0.226 e. The quantitative estimate of drug-likeness (QED) is 0.835. The number of rotatable bonds is 4. The van der Waals surface area contributed by atoms with Crippen LogP contribution in [0.3, 0.4) is 0 Å². The number of piperazine rings is 1. The van der Waals surface area contributed by atoms with Gasteiger partial charge in [0.15, 0.2) is 5.17 Å². The first-order valence-corrected chi connectivity index (χ1v) is 11.0. The van der Waals surface area contributed by atoms with Gasteiger partial charge in [-0.05, 0) is 25.0 Å². The van der Waals surface area contributed by atoms with Crippen LogP contribution in [0.5, 0.6) is 0 Å². The van der Waals surface area contributed by atoms with Crippen molar-refractivity contribution in [1.29, 1.82) is 0 Å². The van der Waals surface area contributed by atoms with Gasteiger partial charge in [0.1, 0.15) is 5.82 Å². The zero-order valence-corrected chi connectivity index (χ0v) is 16.9. The molecule has 7 nitrogen and oxygen atoms in total. The molecular weight excluding hydrogens is 374 g/mol. The summed E-state index contributed by atoms with van der Waals surface area (Å²) in [6.45, 7) is 2.88. The lowest BCUT2D eigenvalue weighted by Crippen LogP contribution is -2.49. The summed E-state index contributed by atoms with van der Waals surface area (Å²) in [5.74, 6) is 0.889. The number of fused-ring (bicyclic) bond motifs is 1. The van der Waals surface area contributed by atoms with Crippen molar-refractivity contribution in [2.45, 2.75) is 49.8 Å². The Hall–Kier alpha value is -2.09. The Labute approximate surface area is 170 Å². The monoisotopic (exact) mass is 401 g/mol. The highest BCUT2D eigenvalue weighted by Gasteiger charge is 2.32. The molecule has 1 saturated carbocycles. The fraction of sp³-hybridized carbons (Fsp3) is 0.600. The van der Waals surface area contributed by atoms with E-state index in [1.54, 1.807) is 18.0 Å². The normalized spacial score (nSPS) is 24.5. The molecule has 2 atom stereocenters. The minimum atomic E-state index is -0.106. The third-order valence-electron chi connectivity index (χ3n) is 5.63. The number of aromatic nitrogens is 1. The zero-order chi connectivity index (χ0) is 19.3. The molecule has 1 aliphatic carbocycles. The minimum Gasteiger partial charge on any atom is -0.353 e. The van der Waals surface area contributed by atoms with E-state index in [1.165, 1.54) is 19.3 Å². The largest absolute Gasteiger partial charge is 0.353 e. The molecule has 2 amide bonds. The lowest BCUT2D eigenvalue weighted by molar-refractivity contribution is -0.133. The number of carbonyl (C=O) groups excluding carboxylic acids is 2. The first kappa shape index (κ1) is 19.2. The van der Waals surface area contributed by atoms with Crippen molar-refractivity contribution < 1.29 is 9.59 Å². The van der Waals surface area contributed by atoms with Gasteiger partial charge in [-0.25, -0.2) is 4.98 Å². The summed E-state index contributed by atoms with van der Waals surface area (Å²) in [6.07, 6.45) is 7.05. The summed E-state index contributed by atoms with van der Waals surface area (Å²) in [4.78, 5) is 37.7. The molecule has 0 radical (unpaired) electrons. The van der Waals surface area contributed by atoms with Gasteiger partial charge < -0.3 is 15.1 Å². The van der Waals surface area contributed by atoms with Crippen LogP contribution in [0.15, 0.2) is 29.4 Å². The maximum Gasteiger partial charge on any atom is 0.226 e. The SMILES string of the molecule is O=C(CCC(=O)N1CCN(c2ccccn2)CC1)NC1=N[C@H]2CCCC[C@H]2S1. The lowest BCUT2D eigenvalue weighted by atomic mass is 9.96. The number of hydrogen-bond acceptors (Lipinski definition) is 6. The van der Waals surface area contributed by atoms with E-state index in [1.807, 2.05) is 23.1 Å². The second-order valence-corrected chi connectivity index (χ2v) is 8.77. The minimum absolute atomic E-state index is 0.0468. The molecule has 0 aromatic carbocycles.